The van der Waals surface area contributed by atoms with Gasteiger partial charge >= 0.3 is 0 Å². The number of thioether (sulfide) groups is 1. The Kier molecular flexibility index (Phi) is 9.47. The average molecular weight is 479 g/mol. The Labute approximate surface area is 172 Å². The predicted octanol–water partition coefficient (Wildman–Crippen LogP) is 3.44. The van der Waals surface area contributed by atoms with Crippen LogP contribution in [0, 0.1) is 0 Å². The first kappa shape index (κ1) is 20.9. The molecule has 142 valence electrons. The quantitative estimate of drug-likeness (QED) is 0.357. The molecule has 1 aromatic rings. The van der Waals surface area contributed by atoms with Crippen LogP contribution in [0.3, 0.4) is 0 Å². The van der Waals surface area contributed by atoms with Crippen molar-refractivity contribution in [2.24, 2.45) is 4.99 Å². The van der Waals surface area contributed by atoms with E-state index < -0.39 is 0 Å². The number of hydrogen-bond acceptors (Lipinski definition) is 4. The number of nitrogens with one attached hydrogen (secondary N) is 2. The molecule has 1 aromatic heterocycles. The summed E-state index contributed by atoms with van der Waals surface area (Å²) >= 11 is 1.98. The summed E-state index contributed by atoms with van der Waals surface area (Å²) in [5.74, 6) is 1.92. The van der Waals surface area contributed by atoms with Crippen LogP contribution in [0.25, 0.3) is 0 Å². The van der Waals surface area contributed by atoms with Crippen LogP contribution in [-0.4, -0.2) is 49.3 Å². The zero-order chi connectivity index (χ0) is 16.6. The maximum atomic E-state index is 5.69. The predicted molar refractivity (Wildman–Crippen MR) is 115 cm³/mol. The van der Waals surface area contributed by atoms with E-state index in [1.54, 1.807) is 6.26 Å². The standard InChI is InChI=1S/C18H29N3O2S.HI/c1-24-17-7-6-14(12-17)21-18(20-13-16-5-3-11-23-16)19-9-8-15-4-2-10-22-15;/h2,4,10,14,16-17H,3,5-9,11-13H2,1H3,(H2,19,20,21);1H. The number of rotatable bonds is 7. The fourth-order valence-electron chi connectivity index (χ4n) is 3.37. The molecular weight excluding hydrogens is 449 g/mol. The van der Waals surface area contributed by atoms with Gasteiger partial charge in [-0.3, -0.25) is 4.99 Å². The van der Waals surface area contributed by atoms with Crippen LogP contribution in [-0.2, 0) is 11.2 Å². The number of hydrogen-bond donors (Lipinski definition) is 2. The minimum atomic E-state index is 0. The molecule has 1 aliphatic carbocycles. The van der Waals surface area contributed by atoms with E-state index in [9.17, 15) is 0 Å². The lowest BCUT2D eigenvalue weighted by Crippen LogP contribution is -2.43. The van der Waals surface area contributed by atoms with Crippen LogP contribution in [0.5, 0.6) is 0 Å². The minimum absolute atomic E-state index is 0. The Hall–Kier alpha value is -0.410. The fourth-order valence-corrected chi connectivity index (χ4v) is 4.17. The number of aliphatic imine (C=N–C) groups is 1. The molecule has 2 aliphatic rings. The molecule has 1 aliphatic heterocycles. The summed E-state index contributed by atoms with van der Waals surface area (Å²) in [5.41, 5.74) is 0. The van der Waals surface area contributed by atoms with E-state index >= 15 is 0 Å². The Morgan fingerprint density at radius 2 is 2.28 bits per heavy atom. The zero-order valence-electron chi connectivity index (χ0n) is 14.9. The molecular formula is C18H30IN3O2S. The number of ether oxygens (including phenoxy) is 1. The number of nitrogens with zero attached hydrogens (tertiary/aromatic N) is 1. The summed E-state index contributed by atoms with van der Waals surface area (Å²) < 4.78 is 11.1. The van der Waals surface area contributed by atoms with Gasteiger partial charge in [-0.15, -0.1) is 24.0 Å². The largest absolute Gasteiger partial charge is 0.469 e. The van der Waals surface area contributed by atoms with Gasteiger partial charge in [0.15, 0.2) is 5.96 Å². The molecule has 0 bridgehead atoms. The lowest BCUT2D eigenvalue weighted by Gasteiger charge is -2.18. The first-order chi connectivity index (χ1) is 11.8. The third-order valence-corrected chi connectivity index (χ3v) is 5.87. The van der Waals surface area contributed by atoms with Crippen molar-refractivity contribution in [3.05, 3.63) is 24.2 Å². The van der Waals surface area contributed by atoms with E-state index in [1.807, 2.05) is 23.9 Å². The molecule has 0 radical (unpaired) electrons. The molecule has 5 nitrogen and oxygen atoms in total. The molecule has 25 heavy (non-hydrogen) atoms. The van der Waals surface area contributed by atoms with Crippen molar-refractivity contribution in [1.29, 1.82) is 0 Å². The zero-order valence-corrected chi connectivity index (χ0v) is 18.1. The van der Waals surface area contributed by atoms with Crippen LogP contribution in [0.2, 0.25) is 0 Å². The molecule has 2 fully saturated rings. The van der Waals surface area contributed by atoms with Crippen molar-refractivity contribution in [3.63, 3.8) is 0 Å². The normalized spacial score (nSPS) is 26.4. The first-order valence-corrected chi connectivity index (χ1v) is 10.3. The number of halogens is 1. The first-order valence-electron chi connectivity index (χ1n) is 9.05. The van der Waals surface area contributed by atoms with Gasteiger partial charge in [0.1, 0.15) is 5.76 Å². The van der Waals surface area contributed by atoms with Gasteiger partial charge in [-0.05, 0) is 50.5 Å². The molecule has 1 saturated carbocycles. The average Bonchev–Trinajstić information content (AvgIpc) is 3.34. The lowest BCUT2D eigenvalue weighted by molar-refractivity contribution is 0.117. The van der Waals surface area contributed by atoms with Crippen molar-refractivity contribution in [2.75, 3.05) is 26.0 Å². The van der Waals surface area contributed by atoms with Crippen molar-refractivity contribution in [1.82, 2.24) is 10.6 Å². The van der Waals surface area contributed by atoms with Crippen LogP contribution in [0.4, 0.5) is 0 Å². The SMILES string of the molecule is CSC1CCC(NC(=NCC2CCCO2)NCCc2ccco2)C1.I. The lowest BCUT2D eigenvalue weighted by atomic mass is 10.2. The van der Waals surface area contributed by atoms with Gasteiger partial charge in [0, 0.05) is 30.9 Å². The Morgan fingerprint density at radius 1 is 1.36 bits per heavy atom. The van der Waals surface area contributed by atoms with E-state index in [0.29, 0.717) is 6.04 Å². The van der Waals surface area contributed by atoms with Crippen molar-refractivity contribution in [3.8, 4) is 0 Å². The third-order valence-electron chi connectivity index (χ3n) is 4.78. The van der Waals surface area contributed by atoms with Crippen LogP contribution >= 0.6 is 35.7 Å². The van der Waals surface area contributed by atoms with E-state index in [-0.39, 0.29) is 30.1 Å². The molecule has 0 spiro atoms. The van der Waals surface area contributed by atoms with Gasteiger partial charge in [0.25, 0.3) is 0 Å². The van der Waals surface area contributed by atoms with E-state index in [2.05, 4.69) is 16.9 Å². The highest BCUT2D eigenvalue weighted by Gasteiger charge is 2.24. The van der Waals surface area contributed by atoms with Gasteiger partial charge < -0.3 is 19.8 Å². The molecule has 3 unspecified atom stereocenters. The maximum Gasteiger partial charge on any atom is 0.191 e. The summed E-state index contributed by atoms with van der Waals surface area (Å²) in [7, 11) is 0. The molecule has 3 rings (SSSR count). The number of furan rings is 1. The Balaban J connectivity index is 0.00000225. The summed E-state index contributed by atoms with van der Waals surface area (Å²) in [6.07, 6.45) is 11.1. The molecule has 7 heteroatoms. The van der Waals surface area contributed by atoms with E-state index in [4.69, 9.17) is 14.1 Å². The summed E-state index contributed by atoms with van der Waals surface area (Å²) in [6, 6.07) is 4.47. The minimum Gasteiger partial charge on any atom is -0.469 e. The van der Waals surface area contributed by atoms with Gasteiger partial charge in [-0.2, -0.15) is 11.8 Å². The van der Waals surface area contributed by atoms with Crippen molar-refractivity contribution in [2.45, 2.75) is 55.9 Å². The molecule has 2 N–H and O–H groups in total. The monoisotopic (exact) mass is 479 g/mol. The molecule has 0 amide bonds. The second-order valence-corrected chi connectivity index (χ2v) is 7.73. The highest BCUT2D eigenvalue weighted by atomic mass is 127. The highest BCUT2D eigenvalue weighted by Crippen LogP contribution is 2.28. The topological polar surface area (TPSA) is 58.8 Å². The smallest absolute Gasteiger partial charge is 0.191 e. The van der Waals surface area contributed by atoms with Gasteiger partial charge in [0.05, 0.1) is 18.9 Å². The summed E-state index contributed by atoms with van der Waals surface area (Å²) in [6.45, 7) is 2.45. The second kappa shape index (κ2) is 11.3. The Bertz CT molecular complexity index is 506. The third kappa shape index (κ3) is 7.02. The maximum absolute atomic E-state index is 5.69. The van der Waals surface area contributed by atoms with Crippen LogP contribution in [0.15, 0.2) is 27.8 Å². The second-order valence-electron chi connectivity index (χ2n) is 6.59. The van der Waals surface area contributed by atoms with Crippen LogP contribution < -0.4 is 10.6 Å². The van der Waals surface area contributed by atoms with Crippen molar-refractivity contribution >= 4 is 41.7 Å². The highest BCUT2D eigenvalue weighted by molar-refractivity contribution is 14.0. The Morgan fingerprint density at radius 3 is 2.96 bits per heavy atom. The molecule has 1 saturated heterocycles. The molecule has 0 aromatic carbocycles. The fraction of sp³-hybridized carbons (Fsp3) is 0.722. The summed E-state index contributed by atoms with van der Waals surface area (Å²) in [5, 5.41) is 7.86. The van der Waals surface area contributed by atoms with Crippen LogP contribution in [0.1, 0.15) is 37.9 Å². The van der Waals surface area contributed by atoms with E-state index in [1.165, 1.54) is 19.3 Å². The van der Waals surface area contributed by atoms with E-state index in [0.717, 1.165) is 55.9 Å². The molecule has 3 atom stereocenters. The van der Waals surface area contributed by atoms with Gasteiger partial charge in [0.2, 0.25) is 0 Å². The van der Waals surface area contributed by atoms with Crippen molar-refractivity contribution < 1.29 is 9.15 Å². The summed E-state index contributed by atoms with van der Waals surface area (Å²) in [4.78, 5) is 4.77. The molecule has 2 heterocycles. The number of guanidine groups is 1. The van der Waals surface area contributed by atoms with Gasteiger partial charge in [-0.25, -0.2) is 0 Å². The van der Waals surface area contributed by atoms with Gasteiger partial charge in [-0.1, -0.05) is 0 Å².